The lowest BCUT2D eigenvalue weighted by molar-refractivity contribution is 0.0946. The minimum atomic E-state index is -0.172. The number of aryl methyl sites for hydroxylation is 2. The smallest absolute Gasteiger partial charge is 0.251 e. The van der Waals surface area contributed by atoms with Crippen LogP contribution in [0.1, 0.15) is 27.4 Å². The predicted octanol–water partition coefficient (Wildman–Crippen LogP) is 2.68. The minimum Gasteiger partial charge on any atom is -0.343 e. The van der Waals surface area contributed by atoms with E-state index in [4.69, 9.17) is 4.52 Å². The van der Waals surface area contributed by atoms with Gasteiger partial charge in [0.2, 0.25) is 11.7 Å². The van der Waals surface area contributed by atoms with Crippen LogP contribution in [-0.2, 0) is 6.54 Å². The summed E-state index contributed by atoms with van der Waals surface area (Å²) in [5.74, 6) is 0.629. The first-order chi connectivity index (χ1) is 11.1. The molecule has 1 aromatic carbocycles. The SMILES string of the molecule is Cc1ccc(C(=O)NCc2nc(-c3cccnc3)no2)cc1C. The summed E-state index contributed by atoms with van der Waals surface area (Å²) >= 11 is 0. The number of nitrogens with one attached hydrogen (secondary N) is 1. The van der Waals surface area contributed by atoms with Crippen molar-refractivity contribution < 1.29 is 9.32 Å². The van der Waals surface area contributed by atoms with E-state index in [9.17, 15) is 4.79 Å². The minimum absolute atomic E-state index is 0.172. The molecule has 0 atom stereocenters. The monoisotopic (exact) mass is 308 g/mol. The van der Waals surface area contributed by atoms with Gasteiger partial charge in [-0.25, -0.2) is 0 Å². The summed E-state index contributed by atoms with van der Waals surface area (Å²) in [6, 6.07) is 9.23. The first-order valence-electron chi connectivity index (χ1n) is 7.22. The molecule has 0 saturated carbocycles. The van der Waals surface area contributed by atoms with E-state index in [1.165, 1.54) is 0 Å². The predicted molar refractivity (Wildman–Crippen MR) is 84.6 cm³/mol. The van der Waals surface area contributed by atoms with Gasteiger partial charge in [0.1, 0.15) is 0 Å². The highest BCUT2D eigenvalue weighted by Gasteiger charge is 2.11. The molecule has 3 rings (SSSR count). The van der Waals surface area contributed by atoms with Crippen LogP contribution in [0.4, 0.5) is 0 Å². The summed E-state index contributed by atoms with van der Waals surface area (Å²) in [7, 11) is 0. The highest BCUT2D eigenvalue weighted by Crippen LogP contribution is 2.14. The average Bonchev–Trinajstić information content (AvgIpc) is 3.05. The molecule has 0 saturated heterocycles. The standard InChI is InChI=1S/C17H16N4O2/c1-11-5-6-13(8-12(11)2)17(22)19-10-15-20-16(21-23-15)14-4-3-7-18-9-14/h3-9H,10H2,1-2H3,(H,19,22). The lowest BCUT2D eigenvalue weighted by Gasteiger charge is -2.05. The molecule has 0 unspecified atom stereocenters. The molecule has 0 spiro atoms. The van der Waals surface area contributed by atoms with Gasteiger partial charge in [0.05, 0.1) is 6.54 Å². The van der Waals surface area contributed by atoms with E-state index in [1.54, 1.807) is 24.5 Å². The van der Waals surface area contributed by atoms with Gasteiger partial charge >= 0.3 is 0 Å². The van der Waals surface area contributed by atoms with Crippen LogP contribution < -0.4 is 5.32 Å². The molecule has 0 aliphatic heterocycles. The third kappa shape index (κ3) is 3.42. The van der Waals surface area contributed by atoms with Crippen LogP contribution in [0.15, 0.2) is 47.2 Å². The molecule has 0 bridgehead atoms. The van der Waals surface area contributed by atoms with Gasteiger partial charge in [0, 0.05) is 23.5 Å². The summed E-state index contributed by atoms with van der Waals surface area (Å²) in [5, 5.41) is 6.66. The van der Waals surface area contributed by atoms with Crippen LogP contribution in [0.2, 0.25) is 0 Å². The van der Waals surface area contributed by atoms with Crippen LogP contribution in [0, 0.1) is 13.8 Å². The number of rotatable bonds is 4. The van der Waals surface area contributed by atoms with Crippen molar-refractivity contribution in [3.05, 3.63) is 65.3 Å². The van der Waals surface area contributed by atoms with Gasteiger partial charge in [0.15, 0.2) is 0 Å². The van der Waals surface area contributed by atoms with Gasteiger partial charge in [-0.15, -0.1) is 0 Å². The van der Waals surface area contributed by atoms with E-state index in [1.807, 2.05) is 32.0 Å². The molecule has 116 valence electrons. The van der Waals surface area contributed by atoms with Crippen molar-refractivity contribution in [1.82, 2.24) is 20.4 Å². The molecule has 1 amide bonds. The number of carbonyl (C=O) groups excluding carboxylic acids is 1. The second-order valence-electron chi connectivity index (χ2n) is 5.24. The quantitative estimate of drug-likeness (QED) is 0.801. The Morgan fingerprint density at radius 1 is 1.22 bits per heavy atom. The number of benzene rings is 1. The van der Waals surface area contributed by atoms with E-state index in [0.29, 0.717) is 17.3 Å². The Morgan fingerprint density at radius 3 is 2.83 bits per heavy atom. The molecule has 6 nitrogen and oxygen atoms in total. The lowest BCUT2D eigenvalue weighted by Crippen LogP contribution is -2.23. The highest BCUT2D eigenvalue weighted by atomic mass is 16.5. The van der Waals surface area contributed by atoms with Crippen molar-refractivity contribution in [2.24, 2.45) is 0 Å². The molecule has 2 heterocycles. The number of hydrogen-bond acceptors (Lipinski definition) is 5. The fraction of sp³-hybridized carbons (Fsp3) is 0.176. The van der Waals surface area contributed by atoms with Gasteiger partial charge in [-0.1, -0.05) is 11.2 Å². The zero-order chi connectivity index (χ0) is 16.2. The second-order valence-corrected chi connectivity index (χ2v) is 5.24. The normalized spacial score (nSPS) is 10.5. The van der Waals surface area contributed by atoms with E-state index in [0.717, 1.165) is 16.7 Å². The molecule has 2 aromatic heterocycles. The number of aromatic nitrogens is 3. The number of hydrogen-bond donors (Lipinski definition) is 1. The zero-order valence-corrected chi connectivity index (χ0v) is 12.9. The fourth-order valence-corrected chi connectivity index (χ4v) is 2.08. The third-order valence-corrected chi connectivity index (χ3v) is 3.56. The summed E-state index contributed by atoms with van der Waals surface area (Å²) in [4.78, 5) is 20.4. The van der Waals surface area contributed by atoms with Crippen molar-refractivity contribution in [2.75, 3.05) is 0 Å². The molecule has 6 heteroatoms. The van der Waals surface area contributed by atoms with Crippen LogP contribution >= 0.6 is 0 Å². The highest BCUT2D eigenvalue weighted by molar-refractivity contribution is 5.94. The lowest BCUT2D eigenvalue weighted by atomic mass is 10.1. The zero-order valence-electron chi connectivity index (χ0n) is 12.9. The number of carbonyl (C=O) groups is 1. The summed E-state index contributed by atoms with van der Waals surface area (Å²) in [5.41, 5.74) is 3.61. The van der Waals surface area contributed by atoms with Gasteiger partial charge < -0.3 is 9.84 Å². The van der Waals surface area contributed by atoms with Crippen LogP contribution in [0.3, 0.4) is 0 Å². The van der Waals surface area contributed by atoms with Crippen molar-refractivity contribution in [1.29, 1.82) is 0 Å². The van der Waals surface area contributed by atoms with Crippen LogP contribution in [0.5, 0.6) is 0 Å². The largest absolute Gasteiger partial charge is 0.343 e. The van der Waals surface area contributed by atoms with Crippen molar-refractivity contribution in [3.8, 4) is 11.4 Å². The molecule has 23 heavy (non-hydrogen) atoms. The Balaban J connectivity index is 1.65. The summed E-state index contributed by atoms with van der Waals surface area (Å²) < 4.78 is 5.14. The third-order valence-electron chi connectivity index (χ3n) is 3.56. The molecular formula is C17H16N4O2. The number of pyridine rings is 1. The Labute approximate surface area is 133 Å². The van der Waals surface area contributed by atoms with Gasteiger partial charge in [-0.3, -0.25) is 9.78 Å². The van der Waals surface area contributed by atoms with Gasteiger partial charge in [-0.2, -0.15) is 4.98 Å². The molecule has 0 aliphatic carbocycles. The first-order valence-corrected chi connectivity index (χ1v) is 7.22. The van der Waals surface area contributed by atoms with E-state index in [2.05, 4.69) is 20.4 Å². The fourth-order valence-electron chi connectivity index (χ4n) is 2.08. The Bertz CT molecular complexity index is 828. The maximum absolute atomic E-state index is 12.1. The van der Waals surface area contributed by atoms with Gasteiger partial charge in [0.25, 0.3) is 5.91 Å². The van der Waals surface area contributed by atoms with E-state index < -0.39 is 0 Å². The number of amides is 1. The van der Waals surface area contributed by atoms with Crippen molar-refractivity contribution in [2.45, 2.75) is 20.4 Å². The van der Waals surface area contributed by atoms with Crippen LogP contribution in [-0.4, -0.2) is 21.0 Å². The topological polar surface area (TPSA) is 80.9 Å². The molecular weight excluding hydrogens is 292 g/mol. The molecule has 0 fully saturated rings. The summed E-state index contributed by atoms with van der Waals surface area (Å²) in [6.45, 7) is 4.17. The average molecular weight is 308 g/mol. The second kappa shape index (κ2) is 6.39. The van der Waals surface area contributed by atoms with E-state index >= 15 is 0 Å². The Hall–Kier alpha value is -3.02. The van der Waals surface area contributed by atoms with Gasteiger partial charge in [-0.05, 0) is 49.2 Å². The molecule has 0 radical (unpaired) electrons. The first kappa shape index (κ1) is 14.9. The molecule has 0 aliphatic rings. The van der Waals surface area contributed by atoms with Crippen LogP contribution in [0.25, 0.3) is 11.4 Å². The van der Waals surface area contributed by atoms with Crippen molar-refractivity contribution in [3.63, 3.8) is 0 Å². The number of nitrogens with zero attached hydrogens (tertiary/aromatic N) is 3. The summed E-state index contributed by atoms with van der Waals surface area (Å²) in [6.07, 6.45) is 3.33. The van der Waals surface area contributed by atoms with E-state index in [-0.39, 0.29) is 12.5 Å². The Kier molecular flexibility index (Phi) is 4.14. The maximum atomic E-state index is 12.1. The van der Waals surface area contributed by atoms with Crippen molar-refractivity contribution >= 4 is 5.91 Å². The maximum Gasteiger partial charge on any atom is 0.251 e. The Morgan fingerprint density at radius 2 is 2.09 bits per heavy atom. The molecule has 1 N–H and O–H groups in total. The molecule has 3 aromatic rings.